The number of piperidine rings is 1. The molecule has 1 fully saturated rings. The molecule has 0 aliphatic carbocycles. The Morgan fingerprint density at radius 1 is 1.00 bits per heavy atom. The highest BCUT2D eigenvalue weighted by Crippen LogP contribution is 2.24. The largest absolute Gasteiger partial charge is 0.437 e. The van der Waals surface area contributed by atoms with Gasteiger partial charge in [-0.1, -0.05) is 0 Å². The molecule has 0 amide bonds. The lowest BCUT2D eigenvalue weighted by atomic mass is 10.1. The van der Waals surface area contributed by atoms with Crippen LogP contribution in [0.4, 0.5) is 10.3 Å². The summed E-state index contributed by atoms with van der Waals surface area (Å²) in [7, 11) is 0. The number of rotatable bonds is 3. The van der Waals surface area contributed by atoms with Gasteiger partial charge in [-0.2, -0.15) is 0 Å². The van der Waals surface area contributed by atoms with Crippen molar-refractivity contribution >= 4 is 11.7 Å². The minimum absolute atomic E-state index is 0.215. The van der Waals surface area contributed by atoms with E-state index in [1.165, 1.54) is 30.7 Å². The number of furan rings is 1. The SMILES string of the molecule is O=C(c1ccc(F)cc1)c1ccc(N2CCCCC2)o1. The Kier molecular flexibility index (Phi) is 3.54. The number of halogens is 1. The predicted molar refractivity (Wildman–Crippen MR) is 74.6 cm³/mol. The monoisotopic (exact) mass is 273 g/mol. The fourth-order valence-electron chi connectivity index (χ4n) is 2.48. The molecular weight excluding hydrogens is 257 g/mol. The minimum atomic E-state index is -0.352. The second kappa shape index (κ2) is 5.49. The topological polar surface area (TPSA) is 33.5 Å². The molecule has 1 aliphatic heterocycles. The molecule has 0 radical (unpaired) electrons. The van der Waals surface area contributed by atoms with Crippen molar-refractivity contribution < 1.29 is 13.6 Å². The standard InChI is InChI=1S/C16H16FNO2/c17-13-6-4-12(5-7-13)16(19)14-8-9-15(20-14)18-10-2-1-3-11-18/h4-9H,1-3,10-11H2. The zero-order valence-corrected chi connectivity index (χ0v) is 11.1. The highest BCUT2D eigenvalue weighted by atomic mass is 19.1. The lowest BCUT2D eigenvalue weighted by molar-refractivity contribution is 0.101. The first-order valence-corrected chi connectivity index (χ1v) is 6.89. The van der Waals surface area contributed by atoms with E-state index in [9.17, 15) is 9.18 Å². The molecule has 3 nitrogen and oxygen atoms in total. The fraction of sp³-hybridized carbons (Fsp3) is 0.312. The van der Waals surface area contributed by atoms with E-state index >= 15 is 0 Å². The summed E-state index contributed by atoms with van der Waals surface area (Å²) < 4.78 is 18.5. The average Bonchev–Trinajstić information content (AvgIpc) is 2.98. The van der Waals surface area contributed by atoms with Crippen molar-refractivity contribution in [3.05, 3.63) is 53.5 Å². The second-order valence-corrected chi connectivity index (χ2v) is 5.02. The minimum Gasteiger partial charge on any atom is -0.437 e. The van der Waals surface area contributed by atoms with Crippen molar-refractivity contribution in [3.8, 4) is 0 Å². The van der Waals surface area contributed by atoms with Crippen LogP contribution in [0.3, 0.4) is 0 Å². The van der Waals surface area contributed by atoms with E-state index in [4.69, 9.17) is 4.42 Å². The number of hydrogen-bond acceptors (Lipinski definition) is 3. The molecule has 20 heavy (non-hydrogen) atoms. The summed E-state index contributed by atoms with van der Waals surface area (Å²) in [6.45, 7) is 1.94. The van der Waals surface area contributed by atoms with Gasteiger partial charge in [0, 0.05) is 24.7 Å². The van der Waals surface area contributed by atoms with E-state index < -0.39 is 0 Å². The van der Waals surface area contributed by atoms with Gasteiger partial charge in [-0.15, -0.1) is 0 Å². The van der Waals surface area contributed by atoms with Crippen molar-refractivity contribution in [2.75, 3.05) is 18.0 Å². The van der Waals surface area contributed by atoms with E-state index in [2.05, 4.69) is 4.90 Å². The smallest absolute Gasteiger partial charge is 0.228 e. The van der Waals surface area contributed by atoms with Crippen LogP contribution in [0.1, 0.15) is 35.4 Å². The molecule has 2 heterocycles. The van der Waals surface area contributed by atoms with Gasteiger partial charge in [-0.25, -0.2) is 4.39 Å². The molecule has 0 spiro atoms. The predicted octanol–water partition coefficient (Wildman–Crippen LogP) is 3.64. The Bertz CT molecular complexity index is 597. The highest BCUT2D eigenvalue weighted by Gasteiger charge is 2.18. The van der Waals surface area contributed by atoms with Crippen LogP contribution in [0.5, 0.6) is 0 Å². The summed E-state index contributed by atoms with van der Waals surface area (Å²) in [5.74, 6) is 0.482. The Hall–Kier alpha value is -2.10. The first-order chi connectivity index (χ1) is 9.74. The third-order valence-electron chi connectivity index (χ3n) is 3.59. The molecule has 0 N–H and O–H groups in total. The lowest BCUT2D eigenvalue weighted by Crippen LogP contribution is -2.28. The third-order valence-corrected chi connectivity index (χ3v) is 3.59. The van der Waals surface area contributed by atoms with Crippen molar-refractivity contribution in [2.45, 2.75) is 19.3 Å². The van der Waals surface area contributed by atoms with Crippen LogP contribution in [0, 0.1) is 5.82 Å². The van der Waals surface area contributed by atoms with Crippen LogP contribution in [0.2, 0.25) is 0 Å². The maximum absolute atomic E-state index is 12.9. The summed E-state index contributed by atoms with van der Waals surface area (Å²) in [4.78, 5) is 14.4. The molecular formula is C16H16FNO2. The highest BCUT2D eigenvalue weighted by molar-refractivity contribution is 6.07. The maximum atomic E-state index is 12.9. The molecule has 0 atom stereocenters. The number of hydrogen-bond donors (Lipinski definition) is 0. The molecule has 0 saturated carbocycles. The van der Waals surface area contributed by atoms with Gasteiger partial charge in [0.2, 0.25) is 5.78 Å². The first-order valence-electron chi connectivity index (χ1n) is 6.89. The number of anilines is 1. The molecule has 104 valence electrons. The van der Waals surface area contributed by atoms with Crippen LogP contribution in [-0.4, -0.2) is 18.9 Å². The number of carbonyl (C=O) groups is 1. The third kappa shape index (κ3) is 2.59. The number of nitrogens with zero attached hydrogens (tertiary/aromatic N) is 1. The Morgan fingerprint density at radius 2 is 1.70 bits per heavy atom. The number of carbonyl (C=O) groups excluding carboxylic acids is 1. The van der Waals surface area contributed by atoms with Gasteiger partial charge in [0.25, 0.3) is 0 Å². The summed E-state index contributed by atoms with van der Waals surface area (Å²) in [5.41, 5.74) is 0.436. The van der Waals surface area contributed by atoms with Crippen LogP contribution in [-0.2, 0) is 0 Å². The van der Waals surface area contributed by atoms with Crippen LogP contribution in [0.15, 0.2) is 40.8 Å². The Labute approximate surface area is 117 Å². The fourth-order valence-corrected chi connectivity index (χ4v) is 2.48. The molecule has 3 rings (SSSR count). The number of benzene rings is 1. The van der Waals surface area contributed by atoms with E-state index in [0.29, 0.717) is 11.3 Å². The molecule has 4 heteroatoms. The molecule has 2 aromatic rings. The average molecular weight is 273 g/mol. The summed E-state index contributed by atoms with van der Waals surface area (Å²) in [5, 5.41) is 0. The van der Waals surface area contributed by atoms with Crippen LogP contribution < -0.4 is 4.90 Å². The molecule has 0 unspecified atom stereocenters. The van der Waals surface area contributed by atoms with Crippen molar-refractivity contribution in [2.24, 2.45) is 0 Å². The molecule has 1 aromatic carbocycles. The number of ketones is 1. The van der Waals surface area contributed by atoms with Gasteiger partial charge in [-0.05, 0) is 49.6 Å². The molecule has 1 aromatic heterocycles. The van der Waals surface area contributed by atoms with Crippen LogP contribution in [0.25, 0.3) is 0 Å². The van der Waals surface area contributed by atoms with Crippen molar-refractivity contribution in [1.82, 2.24) is 0 Å². The van der Waals surface area contributed by atoms with E-state index in [0.717, 1.165) is 31.8 Å². The quantitative estimate of drug-likeness (QED) is 0.800. The lowest BCUT2D eigenvalue weighted by Gasteiger charge is -2.25. The second-order valence-electron chi connectivity index (χ2n) is 5.02. The van der Waals surface area contributed by atoms with E-state index in [1.54, 1.807) is 6.07 Å². The summed E-state index contributed by atoms with van der Waals surface area (Å²) in [6.07, 6.45) is 3.56. The van der Waals surface area contributed by atoms with Gasteiger partial charge in [-0.3, -0.25) is 4.79 Å². The maximum Gasteiger partial charge on any atom is 0.228 e. The van der Waals surface area contributed by atoms with Crippen LogP contribution >= 0.6 is 0 Å². The van der Waals surface area contributed by atoms with Gasteiger partial charge in [0.1, 0.15) is 5.82 Å². The van der Waals surface area contributed by atoms with Gasteiger partial charge >= 0.3 is 0 Å². The summed E-state index contributed by atoms with van der Waals surface area (Å²) >= 11 is 0. The van der Waals surface area contributed by atoms with Crippen molar-refractivity contribution in [3.63, 3.8) is 0 Å². The summed E-state index contributed by atoms with van der Waals surface area (Å²) in [6, 6.07) is 9.03. The van der Waals surface area contributed by atoms with Gasteiger partial charge in [0.15, 0.2) is 11.6 Å². The zero-order valence-electron chi connectivity index (χ0n) is 11.1. The molecule has 0 bridgehead atoms. The Morgan fingerprint density at radius 3 is 2.40 bits per heavy atom. The van der Waals surface area contributed by atoms with E-state index in [1.807, 2.05) is 6.07 Å². The molecule has 1 saturated heterocycles. The molecule has 1 aliphatic rings. The van der Waals surface area contributed by atoms with Gasteiger partial charge in [0.05, 0.1) is 0 Å². The Balaban J connectivity index is 1.78. The van der Waals surface area contributed by atoms with Crippen molar-refractivity contribution in [1.29, 1.82) is 0 Å². The normalized spacial score (nSPS) is 15.3. The van der Waals surface area contributed by atoms with Gasteiger partial charge < -0.3 is 9.32 Å². The van der Waals surface area contributed by atoms with E-state index in [-0.39, 0.29) is 11.6 Å². The zero-order chi connectivity index (χ0) is 13.9. The first kappa shape index (κ1) is 12.9.